The third-order valence-electron chi connectivity index (χ3n) is 2.08. The number of guanidine groups is 1. The Balaban J connectivity index is 2.82. The van der Waals surface area contributed by atoms with E-state index in [4.69, 9.17) is 10.5 Å². The van der Waals surface area contributed by atoms with E-state index >= 15 is 0 Å². The molecule has 0 spiro atoms. The minimum Gasteiger partial charge on any atom is -0.444 e. The average Bonchev–Trinajstić information content (AvgIpc) is 2.26. The number of carbonyl (C=O) groups excluding carboxylic acids is 1. The highest BCUT2D eigenvalue weighted by atomic mass is 16.6. The number of ether oxygens (including phenoxy) is 1. The zero-order chi connectivity index (χ0) is 15.3. The molecule has 0 saturated heterocycles. The van der Waals surface area contributed by atoms with Gasteiger partial charge in [0.05, 0.1) is 5.69 Å². The molecule has 0 radical (unpaired) electrons. The van der Waals surface area contributed by atoms with E-state index in [2.05, 4.69) is 10.3 Å². The van der Waals surface area contributed by atoms with E-state index in [0.717, 1.165) is 0 Å². The lowest BCUT2D eigenvalue weighted by Crippen LogP contribution is -2.40. The van der Waals surface area contributed by atoms with Gasteiger partial charge in [-0.2, -0.15) is 0 Å². The Kier molecular flexibility index (Phi) is 5.12. The van der Waals surface area contributed by atoms with E-state index in [1.54, 1.807) is 39.0 Å². The molecule has 1 aromatic carbocycles. The summed E-state index contributed by atoms with van der Waals surface area (Å²) in [5, 5.41) is 20.6. The van der Waals surface area contributed by atoms with Gasteiger partial charge in [-0.15, -0.1) is 0 Å². The highest BCUT2D eigenvalue weighted by Gasteiger charge is 2.18. The van der Waals surface area contributed by atoms with Crippen molar-refractivity contribution in [3.8, 4) is 0 Å². The SMILES string of the molecule is CC(C)(C)OC(=O)NC(N)=Nc1ccccc1B(O)O. The van der Waals surface area contributed by atoms with Crippen LogP contribution in [0.1, 0.15) is 20.8 Å². The first-order valence-electron chi connectivity index (χ1n) is 5.98. The Morgan fingerprint density at radius 3 is 2.50 bits per heavy atom. The molecule has 0 heterocycles. The molecule has 0 aliphatic carbocycles. The van der Waals surface area contributed by atoms with Crippen LogP contribution in [0.3, 0.4) is 0 Å². The van der Waals surface area contributed by atoms with Crippen LogP contribution >= 0.6 is 0 Å². The first-order valence-corrected chi connectivity index (χ1v) is 5.98. The van der Waals surface area contributed by atoms with Crippen LogP contribution in [0.25, 0.3) is 0 Å². The smallest absolute Gasteiger partial charge is 0.444 e. The van der Waals surface area contributed by atoms with Crippen LogP contribution in [0.15, 0.2) is 29.3 Å². The number of para-hydroxylation sites is 1. The molecule has 0 atom stereocenters. The van der Waals surface area contributed by atoms with E-state index in [1.807, 2.05) is 0 Å². The minimum atomic E-state index is -1.68. The predicted octanol–water partition coefficient (Wildman–Crippen LogP) is -0.163. The van der Waals surface area contributed by atoms with Crippen molar-refractivity contribution in [1.82, 2.24) is 5.32 Å². The molecule has 0 fully saturated rings. The van der Waals surface area contributed by atoms with E-state index < -0.39 is 18.8 Å². The largest absolute Gasteiger partial charge is 0.490 e. The highest BCUT2D eigenvalue weighted by molar-refractivity contribution is 6.60. The summed E-state index contributed by atoms with van der Waals surface area (Å²) in [4.78, 5) is 15.4. The van der Waals surface area contributed by atoms with Gasteiger partial charge in [-0.25, -0.2) is 9.79 Å². The van der Waals surface area contributed by atoms with Crippen LogP contribution < -0.4 is 16.5 Å². The van der Waals surface area contributed by atoms with E-state index in [1.165, 1.54) is 6.07 Å². The monoisotopic (exact) mass is 279 g/mol. The minimum absolute atomic E-state index is 0.182. The molecule has 20 heavy (non-hydrogen) atoms. The second-order valence-electron chi connectivity index (χ2n) is 5.06. The molecule has 0 aliphatic heterocycles. The average molecular weight is 279 g/mol. The molecule has 0 unspecified atom stereocenters. The zero-order valence-electron chi connectivity index (χ0n) is 11.6. The first kappa shape index (κ1) is 16.0. The van der Waals surface area contributed by atoms with Gasteiger partial charge in [0.15, 0.2) is 0 Å². The molecule has 1 amide bonds. The summed E-state index contributed by atoms with van der Waals surface area (Å²) in [7, 11) is -1.68. The van der Waals surface area contributed by atoms with Gasteiger partial charge in [0.2, 0.25) is 5.96 Å². The van der Waals surface area contributed by atoms with Crippen LogP contribution in [0.5, 0.6) is 0 Å². The molecular formula is C12H18BN3O4. The number of amides is 1. The maximum Gasteiger partial charge on any atom is 0.490 e. The Morgan fingerprint density at radius 1 is 1.35 bits per heavy atom. The molecule has 1 rings (SSSR count). The van der Waals surface area contributed by atoms with Gasteiger partial charge in [-0.1, -0.05) is 18.2 Å². The molecule has 0 aliphatic rings. The van der Waals surface area contributed by atoms with Crippen LogP contribution in [-0.2, 0) is 4.74 Å². The summed E-state index contributed by atoms with van der Waals surface area (Å²) in [6.45, 7) is 5.16. The summed E-state index contributed by atoms with van der Waals surface area (Å²) in [6, 6.07) is 6.32. The standard InChI is InChI=1S/C12H18BN3O4/c1-12(2,3)20-11(17)16-10(14)15-9-7-5-4-6-8(9)13(18)19/h4-7,18-19H,1-3H3,(H3,14,15,16,17). The summed E-state index contributed by atoms with van der Waals surface area (Å²) in [5.41, 5.74) is 5.35. The summed E-state index contributed by atoms with van der Waals surface area (Å²) < 4.78 is 5.01. The highest BCUT2D eigenvalue weighted by Crippen LogP contribution is 2.09. The number of benzene rings is 1. The number of alkyl carbamates (subject to hydrolysis) is 1. The number of nitrogens with zero attached hydrogens (tertiary/aromatic N) is 1. The van der Waals surface area contributed by atoms with Crippen LogP contribution in [0.2, 0.25) is 0 Å². The normalized spacial score (nSPS) is 11.9. The van der Waals surface area contributed by atoms with Crippen LogP contribution in [-0.4, -0.2) is 34.8 Å². The van der Waals surface area contributed by atoms with E-state index in [0.29, 0.717) is 0 Å². The van der Waals surface area contributed by atoms with Crippen molar-refractivity contribution in [1.29, 1.82) is 0 Å². The number of hydrogen-bond donors (Lipinski definition) is 4. The zero-order valence-corrected chi connectivity index (χ0v) is 11.6. The summed E-state index contributed by atoms with van der Waals surface area (Å²) in [6.07, 6.45) is -0.735. The Labute approximate surface area is 117 Å². The maximum absolute atomic E-state index is 11.5. The third kappa shape index (κ3) is 5.29. The number of aliphatic imine (C=N–C) groups is 1. The van der Waals surface area contributed by atoms with Gasteiger partial charge in [0.1, 0.15) is 5.60 Å². The van der Waals surface area contributed by atoms with E-state index in [9.17, 15) is 14.8 Å². The van der Waals surface area contributed by atoms with E-state index in [-0.39, 0.29) is 17.1 Å². The molecule has 8 heteroatoms. The molecular weight excluding hydrogens is 261 g/mol. The Hall–Kier alpha value is -2.06. The van der Waals surface area contributed by atoms with Gasteiger partial charge in [-0.3, -0.25) is 5.32 Å². The fourth-order valence-corrected chi connectivity index (χ4v) is 1.37. The predicted molar refractivity (Wildman–Crippen MR) is 76.9 cm³/mol. The van der Waals surface area contributed by atoms with Crippen molar-refractivity contribution in [2.75, 3.05) is 0 Å². The Bertz CT molecular complexity index is 512. The van der Waals surface area contributed by atoms with Gasteiger partial charge >= 0.3 is 13.2 Å². The lowest BCUT2D eigenvalue weighted by atomic mass is 9.79. The van der Waals surface area contributed by atoms with Gasteiger partial charge in [0, 0.05) is 5.46 Å². The second kappa shape index (κ2) is 6.40. The van der Waals surface area contributed by atoms with Crippen molar-refractivity contribution in [3.05, 3.63) is 24.3 Å². The fourth-order valence-electron chi connectivity index (χ4n) is 1.37. The molecule has 7 nitrogen and oxygen atoms in total. The number of rotatable bonds is 2. The van der Waals surface area contributed by atoms with Crippen molar-refractivity contribution < 1.29 is 19.6 Å². The molecule has 5 N–H and O–H groups in total. The van der Waals surface area contributed by atoms with Crippen molar-refractivity contribution in [2.24, 2.45) is 10.7 Å². The van der Waals surface area contributed by atoms with Crippen molar-refractivity contribution in [3.63, 3.8) is 0 Å². The molecule has 1 aromatic rings. The fraction of sp³-hybridized carbons (Fsp3) is 0.333. The molecule has 108 valence electrons. The van der Waals surface area contributed by atoms with Gasteiger partial charge < -0.3 is 20.5 Å². The summed E-state index contributed by atoms with van der Waals surface area (Å²) >= 11 is 0. The number of nitrogens with one attached hydrogen (secondary N) is 1. The van der Waals surface area contributed by atoms with Crippen LogP contribution in [0.4, 0.5) is 10.5 Å². The summed E-state index contributed by atoms with van der Waals surface area (Å²) in [5.74, 6) is -0.202. The molecule has 0 aromatic heterocycles. The molecule has 0 bridgehead atoms. The topological polar surface area (TPSA) is 117 Å². The maximum atomic E-state index is 11.5. The lowest BCUT2D eigenvalue weighted by molar-refractivity contribution is 0.0562. The quantitative estimate of drug-likeness (QED) is 0.341. The number of nitrogens with two attached hydrogens (primary N) is 1. The molecule has 0 saturated carbocycles. The van der Waals surface area contributed by atoms with Crippen LogP contribution in [0, 0.1) is 0 Å². The Morgan fingerprint density at radius 2 is 1.95 bits per heavy atom. The second-order valence-corrected chi connectivity index (χ2v) is 5.06. The number of hydrogen-bond acceptors (Lipinski definition) is 5. The van der Waals surface area contributed by atoms with Crippen molar-refractivity contribution in [2.45, 2.75) is 26.4 Å². The first-order chi connectivity index (χ1) is 9.19. The van der Waals surface area contributed by atoms with Gasteiger partial charge in [0.25, 0.3) is 0 Å². The van der Waals surface area contributed by atoms with Crippen molar-refractivity contribution >= 4 is 30.3 Å². The third-order valence-corrected chi connectivity index (χ3v) is 2.08. The number of carbonyl (C=O) groups is 1. The lowest BCUT2D eigenvalue weighted by Gasteiger charge is -2.19. The van der Waals surface area contributed by atoms with Gasteiger partial charge in [-0.05, 0) is 26.8 Å².